The predicted octanol–water partition coefficient (Wildman–Crippen LogP) is 3.75. The molecule has 23 heavy (non-hydrogen) atoms. The first-order valence-corrected chi connectivity index (χ1v) is 7.44. The highest BCUT2D eigenvalue weighted by Crippen LogP contribution is 2.24. The van der Waals surface area contributed by atoms with Gasteiger partial charge in [-0.15, -0.1) is 0 Å². The quantitative estimate of drug-likeness (QED) is 0.780. The second-order valence-corrected chi connectivity index (χ2v) is 5.21. The number of benzene rings is 2. The van der Waals surface area contributed by atoms with E-state index in [1.165, 1.54) is 0 Å². The Hall–Kier alpha value is -3.01. The molecule has 0 atom stereocenters. The van der Waals surface area contributed by atoms with E-state index in [1.807, 2.05) is 73.9 Å². The fourth-order valence-corrected chi connectivity index (χ4v) is 2.33. The molecule has 4 nitrogen and oxygen atoms in total. The van der Waals surface area contributed by atoms with Crippen molar-refractivity contribution in [1.82, 2.24) is 9.88 Å². The van der Waals surface area contributed by atoms with Crippen molar-refractivity contribution in [3.8, 4) is 11.5 Å². The summed E-state index contributed by atoms with van der Waals surface area (Å²) in [5.41, 5.74) is 1.56. The molecule has 1 aromatic heterocycles. The van der Waals surface area contributed by atoms with Crippen molar-refractivity contribution in [3.05, 3.63) is 84.2 Å². The van der Waals surface area contributed by atoms with Gasteiger partial charge in [0.25, 0.3) is 5.91 Å². The van der Waals surface area contributed by atoms with Gasteiger partial charge in [-0.25, -0.2) is 0 Å². The summed E-state index contributed by atoms with van der Waals surface area (Å²) in [4.78, 5) is 12.2. The minimum absolute atomic E-state index is 0.105. The minimum Gasteiger partial charge on any atom is -0.457 e. The molecule has 1 amide bonds. The molecule has 0 aliphatic rings. The smallest absolute Gasteiger partial charge is 0.268 e. The highest BCUT2D eigenvalue weighted by molar-refractivity contribution is 5.92. The standard InChI is InChI=1S/C19H18N2O2/c1-21-13-7-11-17(21)19(22)20-14-15-8-5-6-12-18(15)23-16-9-3-2-4-10-16/h2-13H,14H2,1H3,(H,20,22). The van der Waals surface area contributed by atoms with Crippen LogP contribution in [0, 0.1) is 0 Å². The van der Waals surface area contributed by atoms with E-state index in [-0.39, 0.29) is 5.91 Å². The van der Waals surface area contributed by atoms with Gasteiger partial charge in [-0.2, -0.15) is 0 Å². The SMILES string of the molecule is Cn1cccc1C(=O)NCc1ccccc1Oc1ccccc1. The van der Waals surface area contributed by atoms with Gasteiger partial charge in [0, 0.05) is 25.4 Å². The summed E-state index contributed by atoms with van der Waals surface area (Å²) >= 11 is 0. The van der Waals surface area contributed by atoms with Gasteiger partial charge in [-0.05, 0) is 30.3 Å². The summed E-state index contributed by atoms with van der Waals surface area (Å²) in [5.74, 6) is 1.41. The van der Waals surface area contributed by atoms with Crippen molar-refractivity contribution >= 4 is 5.91 Å². The van der Waals surface area contributed by atoms with Gasteiger partial charge in [-0.1, -0.05) is 36.4 Å². The van der Waals surface area contributed by atoms with Crippen molar-refractivity contribution < 1.29 is 9.53 Å². The number of amides is 1. The van der Waals surface area contributed by atoms with Gasteiger partial charge >= 0.3 is 0 Å². The monoisotopic (exact) mass is 306 g/mol. The molecule has 1 heterocycles. The fraction of sp³-hybridized carbons (Fsp3) is 0.105. The Morgan fingerprint density at radius 1 is 1.00 bits per heavy atom. The average molecular weight is 306 g/mol. The van der Waals surface area contributed by atoms with Gasteiger partial charge in [0.1, 0.15) is 17.2 Å². The lowest BCUT2D eigenvalue weighted by atomic mass is 10.2. The molecule has 116 valence electrons. The topological polar surface area (TPSA) is 43.3 Å². The van der Waals surface area contributed by atoms with Crippen molar-refractivity contribution in [1.29, 1.82) is 0 Å². The number of para-hydroxylation sites is 2. The van der Waals surface area contributed by atoms with E-state index in [1.54, 1.807) is 10.6 Å². The highest BCUT2D eigenvalue weighted by Gasteiger charge is 2.10. The van der Waals surface area contributed by atoms with Crippen LogP contribution in [-0.2, 0) is 13.6 Å². The molecule has 0 saturated carbocycles. The summed E-state index contributed by atoms with van der Waals surface area (Å²) in [5, 5.41) is 2.93. The van der Waals surface area contributed by atoms with Gasteiger partial charge in [0.05, 0.1) is 0 Å². The number of ether oxygens (including phenoxy) is 1. The number of hydrogen-bond donors (Lipinski definition) is 1. The van der Waals surface area contributed by atoms with Crippen LogP contribution < -0.4 is 10.1 Å². The molecule has 2 aromatic carbocycles. The fourth-order valence-electron chi connectivity index (χ4n) is 2.33. The van der Waals surface area contributed by atoms with Crippen LogP contribution in [-0.4, -0.2) is 10.5 Å². The van der Waals surface area contributed by atoms with Gasteiger partial charge in [0.15, 0.2) is 0 Å². The Labute approximate surface area is 135 Å². The Morgan fingerprint density at radius 3 is 2.48 bits per heavy atom. The lowest BCUT2D eigenvalue weighted by Gasteiger charge is -2.12. The van der Waals surface area contributed by atoms with E-state index in [4.69, 9.17) is 4.74 Å². The lowest BCUT2D eigenvalue weighted by molar-refractivity contribution is 0.0942. The third kappa shape index (κ3) is 3.61. The summed E-state index contributed by atoms with van der Waals surface area (Å²) in [7, 11) is 1.85. The molecule has 3 aromatic rings. The molecular weight excluding hydrogens is 288 g/mol. The van der Waals surface area contributed by atoms with E-state index in [9.17, 15) is 4.79 Å². The predicted molar refractivity (Wildman–Crippen MR) is 89.5 cm³/mol. The van der Waals surface area contributed by atoms with Crippen LogP contribution in [0.4, 0.5) is 0 Å². The number of aromatic nitrogens is 1. The maximum absolute atomic E-state index is 12.2. The Kier molecular flexibility index (Phi) is 4.43. The normalized spacial score (nSPS) is 10.3. The number of carbonyl (C=O) groups is 1. The molecule has 0 spiro atoms. The zero-order valence-electron chi connectivity index (χ0n) is 12.9. The highest BCUT2D eigenvalue weighted by atomic mass is 16.5. The number of nitrogens with one attached hydrogen (secondary N) is 1. The van der Waals surface area contributed by atoms with Crippen LogP contribution in [0.2, 0.25) is 0 Å². The van der Waals surface area contributed by atoms with Crippen molar-refractivity contribution in [2.45, 2.75) is 6.54 Å². The van der Waals surface area contributed by atoms with Crippen LogP contribution in [0.3, 0.4) is 0 Å². The van der Waals surface area contributed by atoms with Crippen molar-refractivity contribution in [3.63, 3.8) is 0 Å². The van der Waals surface area contributed by atoms with Crippen LogP contribution in [0.15, 0.2) is 72.9 Å². The van der Waals surface area contributed by atoms with Gasteiger partial charge < -0.3 is 14.6 Å². The molecule has 0 fully saturated rings. The van der Waals surface area contributed by atoms with Crippen molar-refractivity contribution in [2.24, 2.45) is 7.05 Å². The lowest BCUT2D eigenvalue weighted by Crippen LogP contribution is -2.24. The van der Waals surface area contributed by atoms with E-state index in [2.05, 4.69) is 5.32 Å². The summed E-state index contributed by atoms with van der Waals surface area (Å²) < 4.78 is 7.69. The number of aryl methyl sites for hydroxylation is 1. The number of nitrogens with zero attached hydrogens (tertiary/aromatic N) is 1. The largest absolute Gasteiger partial charge is 0.457 e. The second-order valence-electron chi connectivity index (χ2n) is 5.21. The summed E-state index contributed by atoms with van der Waals surface area (Å²) in [6, 6.07) is 20.9. The molecule has 0 unspecified atom stereocenters. The molecule has 3 rings (SSSR count). The molecule has 0 aliphatic carbocycles. The average Bonchev–Trinajstić information content (AvgIpc) is 3.01. The van der Waals surface area contributed by atoms with Crippen LogP contribution in [0.5, 0.6) is 11.5 Å². The van der Waals surface area contributed by atoms with E-state index >= 15 is 0 Å². The third-order valence-electron chi connectivity index (χ3n) is 3.56. The van der Waals surface area contributed by atoms with E-state index < -0.39 is 0 Å². The first-order valence-electron chi connectivity index (χ1n) is 7.44. The Balaban J connectivity index is 1.71. The molecule has 4 heteroatoms. The molecular formula is C19H18N2O2. The van der Waals surface area contributed by atoms with Crippen LogP contribution >= 0.6 is 0 Å². The second kappa shape index (κ2) is 6.83. The number of hydrogen-bond acceptors (Lipinski definition) is 2. The Morgan fingerprint density at radius 2 is 1.74 bits per heavy atom. The zero-order valence-corrected chi connectivity index (χ0v) is 12.9. The summed E-state index contributed by atoms with van der Waals surface area (Å²) in [6.45, 7) is 0.410. The number of rotatable bonds is 5. The molecule has 0 bridgehead atoms. The molecule has 1 N–H and O–H groups in total. The zero-order chi connectivity index (χ0) is 16.1. The molecule has 0 radical (unpaired) electrons. The first-order chi connectivity index (χ1) is 11.2. The number of carbonyl (C=O) groups excluding carboxylic acids is 1. The maximum atomic E-state index is 12.2. The molecule has 0 saturated heterocycles. The third-order valence-corrected chi connectivity index (χ3v) is 3.56. The Bertz CT molecular complexity index is 794. The first kappa shape index (κ1) is 14.9. The maximum Gasteiger partial charge on any atom is 0.268 e. The van der Waals surface area contributed by atoms with Crippen LogP contribution in [0.1, 0.15) is 16.1 Å². The summed E-state index contributed by atoms with van der Waals surface area (Å²) in [6.07, 6.45) is 1.85. The molecule has 0 aliphatic heterocycles. The minimum atomic E-state index is -0.105. The van der Waals surface area contributed by atoms with Gasteiger partial charge in [0.2, 0.25) is 0 Å². The van der Waals surface area contributed by atoms with E-state index in [0.29, 0.717) is 12.2 Å². The van der Waals surface area contributed by atoms with Crippen LogP contribution in [0.25, 0.3) is 0 Å². The van der Waals surface area contributed by atoms with Gasteiger partial charge in [-0.3, -0.25) is 4.79 Å². The van der Waals surface area contributed by atoms with E-state index in [0.717, 1.165) is 17.1 Å². The van der Waals surface area contributed by atoms with Crippen molar-refractivity contribution in [2.75, 3.05) is 0 Å².